The summed E-state index contributed by atoms with van der Waals surface area (Å²) < 4.78 is 1.18. The summed E-state index contributed by atoms with van der Waals surface area (Å²) in [6.45, 7) is 0.959. The number of fused-ring (bicyclic) bond motifs is 2. The zero-order valence-electron chi connectivity index (χ0n) is 11.5. The van der Waals surface area contributed by atoms with E-state index in [2.05, 4.69) is 22.4 Å². The van der Waals surface area contributed by atoms with E-state index in [9.17, 15) is 5.11 Å². The van der Waals surface area contributed by atoms with Crippen LogP contribution in [-0.2, 0) is 12.8 Å². The Morgan fingerprint density at radius 1 is 1.19 bits per heavy atom. The minimum Gasteiger partial charge on any atom is -0.388 e. The molecule has 0 fully saturated rings. The van der Waals surface area contributed by atoms with Crippen LogP contribution in [0.2, 0.25) is 0 Å². The Morgan fingerprint density at radius 3 is 3.00 bits per heavy atom. The van der Waals surface area contributed by atoms with Gasteiger partial charge in [-0.15, -0.1) is 11.3 Å². The van der Waals surface area contributed by atoms with Crippen LogP contribution >= 0.6 is 11.3 Å². The molecular weight excluding hydrogens is 280 g/mol. The molecule has 0 bridgehead atoms. The van der Waals surface area contributed by atoms with Gasteiger partial charge in [-0.1, -0.05) is 30.3 Å². The number of benzene rings is 2. The fourth-order valence-electron chi connectivity index (χ4n) is 2.93. The average molecular weight is 296 g/mol. The number of para-hydroxylation sites is 2. The monoisotopic (exact) mass is 296 g/mol. The predicted octanol–water partition coefficient (Wildman–Crippen LogP) is 3.54. The molecule has 2 aromatic carbocycles. The lowest BCUT2D eigenvalue weighted by molar-refractivity contribution is 0.179. The standard InChI is InChI=1S/C17H16N2OS/c20-14(12-5-3-4-11-8-9-18-17(11)12)10-16-19-13-6-1-2-7-15(13)21-16/h1-7,14,18,20H,8-10H2. The highest BCUT2D eigenvalue weighted by Gasteiger charge is 2.20. The first-order valence-electron chi connectivity index (χ1n) is 7.19. The fourth-order valence-corrected chi connectivity index (χ4v) is 3.93. The van der Waals surface area contributed by atoms with Gasteiger partial charge in [-0.25, -0.2) is 4.98 Å². The Kier molecular flexibility index (Phi) is 3.13. The van der Waals surface area contributed by atoms with Crippen LogP contribution in [0, 0.1) is 0 Å². The summed E-state index contributed by atoms with van der Waals surface area (Å²) in [6, 6.07) is 14.3. The normalized spacial score (nSPS) is 14.9. The van der Waals surface area contributed by atoms with Crippen LogP contribution in [0.1, 0.15) is 22.2 Å². The largest absolute Gasteiger partial charge is 0.388 e. The maximum Gasteiger partial charge on any atom is 0.0967 e. The van der Waals surface area contributed by atoms with Gasteiger partial charge in [-0.3, -0.25) is 0 Å². The highest BCUT2D eigenvalue weighted by molar-refractivity contribution is 7.18. The van der Waals surface area contributed by atoms with E-state index in [0.29, 0.717) is 6.42 Å². The first kappa shape index (κ1) is 12.8. The molecule has 3 nitrogen and oxygen atoms in total. The Bertz CT molecular complexity index is 763. The highest BCUT2D eigenvalue weighted by atomic mass is 32.1. The van der Waals surface area contributed by atoms with Crippen molar-refractivity contribution in [2.45, 2.75) is 18.9 Å². The lowest BCUT2D eigenvalue weighted by Crippen LogP contribution is -2.05. The molecule has 0 aliphatic carbocycles. The number of rotatable bonds is 3. The number of thiazole rings is 1. The van der Waals surface area contributed by atoms with Gasteiger partial charge in [0.15, 0.2) is 0 Å². The van der Waals surface area contributed by atoms with E-state index >= 15 is 0 Å². The summed E-state index contributed by atoms with van der Waals surface area (Å²) >= 11 is 1.66. The van der Waals surface area contributed by atoms with Crippen molar-refractivity contribution in [3.63, 3.8) is 0 Å². The zero-order chi connectivity index (χ0) is 14.2. The van der Waals surface area contributed by atoms with E-state index in [0.717, 1.165) is 34.7 Å². The number of aliphatic hydroxyl groups is 1. The third-order valence-electron chi connectivity index (χ3n) is 3.94. The van der Waals surface area contributed by atoms with Gasteiger partial charge < -0.3 is 10.4 Å². The lowest BCUT2D eigenvalue weighted by atomic mass is 10.0. The van der Waals surface area contributed by atoms with Crippen LogP contribution in [0.5, 0.6) is 0 Å². The van der Waals surface area contributed by atoms with Gasteiger partial charge in [0.2, 0.25) is 0 Å². The van der Waals surface area contributed by atoms with E-state index in [1.807, 2.05) is 30.3 Å². The van der Waals surface area contributed by atoms with Crippen LogP contribution in [0.4, 0.5) is 5.69 Å². The number of nitrogens with one attached hydrogen (secondary N) is 1. The van der Waals surface area contributed by atoms with Crippen LogP contribution < -0.4 is 5.32 Å². The first-order valence-corrected chi connectivity index (χ1v) is 8.01. The molecule has 4 heteroatoms. The van der Waals surface area contributed by atoms with Crippen molar-refractivity contribution in [1.82, 2.24) is 4.98 Å². The van der Waals surface area contributed by atoms with Crippen LogP contribution in [0.15, 0.2) is 42.5 Å². The lowest BCUT2D eigenvalue weighted by Gasteiger charge is -2.14. The van der Waals surface area contributed by atoms with Crippen molar-refractivity contribution in [3.8, 4) is 0 Å². The van der Waals surface area contributed by atoms with Gasteiger partial charge in [0.05, 0.1) is 21.3 Å². The third-order valence-corrected chi connectivity index (χ3v) is 5.00. The maximum absolute atomic E-state index is 10.6. The molecule has 2 N–H and O–H groups in total. The van der Waals surface area contributed by atoms with Crippen LogP contribution in [-0.4, -0.2) is 16.6 Å². The van der Waals surface area contributed by atoms with Gasteiger partial charge in [-0.05, 0) is 24.1 Å². The van der Waals surface area contributed by atoms with Crippen LogP contribution in [0.3, 0.4) is 0 Å². The fraction of sp³-hybridized carbons (Fsp3) is 0.235. The molecular formula is C17H16N2OS. The van der Waals surface area contributed by atoms with Gasteiger partial charge in [0.25, 0.3) is 0 Å². The Labute approximate surface area is 127 Å². The van der Waals surface area contributed by atoms with Gasteiger partial charge in [0, 0.05) is 24.2 Å². The maximum atomic E-state index is 10.6. The molecule has 1 aliphatic rings. The van der Waals surface area contributed by atoms with E-state index in [4.69, 9.17) is 0 Å². The number of aromatic nitrogens is 1. The number of anilines is 1. The molecule has 1 unspecified atom stereocenters. The molecule has 1 aromatic heterocycles. The Hall–Kier alpha value is -1.91. The van der Waals surface area contributed by atoms with E-state index in [1.165, 1.54) is 10.3 Å². The molecule has 0 radical (unpaired) electrons. The Morgan fingerprint density at radius 2 is 2.10 bits per heavy atom. The second-order valence-corrected chi connectivity index (χ2v) is 6.47. The molecule has 4 rings (SSSR count). The number of aliphatic hydroxyl groups excluding tert-OH is 1. The summed E-state index contributed by atoms with van der Waals surface area (Å²) in [6.07, 6.45) is 1.10. The van der Waals surface area contributed by atoms with Gasteiger partial charge in [-0.2, -0.15) is 0 Å². The Balaban J connectivity index is 1.63. The van der Waals surface area contributed by atoms with E-state index in [1.54, 1.807) is 11.3 Å². The molecule has 0 amide bonds. The third kappa shape index (κ3) is 2.30. The summed E-state index contributed by atoms with van der Waals surface area (Å²) in [5.41, 5.74) is 4.42. The molecule has 21 heavy (non-hydrogen) atoms. The van der Waals surface area contributed by atoms with Crippen molar-refractivity contribution < 1.29 is 5.11 Å². The molecule has 0 saturated heterocycles. The molecule has 1 aliphatic heterocycles. The first-order chi connectivity index (χ1) is 10.3. The van der Waals surface area contributed by atoms with Crippen molar-refractivity contribution >= 4 is 27.2 Å². The minimum atomic E-state index is -0.508. The number of nitrogens with zero attached hydrogens (tertiary/aromatic N) is 1. The van der Waals surface area contributed by atoms with E-state index < -0.39 is 6.10 Å². The molecule has 3 aromatic rings. The van der Waals surface area contributed by atoms with E-state index in [-0.39, 0.29) is 0 Å². The zero-order valence-corrected chi connectivity index (χ0v) is 12.4. The molecule has 2 heterocycles. The topological polar surface area (TPSA) is 45.2 Å². The summed E-state index contributed by atoms with van der Waals surface area (Å²) in [7, 11) is 0. The van der Waals surface area contributed by atoms with Gasteiger partial charge in [0.1, 0.15) is 0 Å². The van der Waals surface area contributed by atoms with Crippen molar-refractivity contribution in [2.75, 3.05) is 11.9 Å². The summed E-state index contributed by atoms with van der Waals surface area (Å²) in [5, 5.41) is 15.0. The molecule has 0 saturated carbocycles. The molecule has 0 spiro atoms. The van der Waals surface area contributed by atoms with Crippen LogP contribution in [0.25, 0.3) is 10.2 Å². The summed E-state index contributed by atoms with van der Waals surface area (Å²) in [4.78, 5) is 4.61. The predicted molar refractivity (Wildman–Crippen MR) is 86.9 cm³/mol. The number of hydrogen-bond acceptors (Lipinski definition) is 4. The number of hydrogen-bond donors (Lipinski definition) is 2. The van der Waals surface area contributed by atoms with Crippen molar-refractivity contribution in [2.24, 2.45) is 0 Å². The second kappa shape index (κ2) is 5.13. The summed E-state index contributed by atoms with van der Waals surface area (Å²) in [5.74, 6) is 0. The van der Waals surface area contributed by atoms with Crippen molar-refractivity contribution in [3.05, 3.63) is 58.6 Å². The minimum absolute atomic E-state index is 0.508. The smallest absolute Gasteiger partial charge is 0.0967 e. The van der Waals surface area contributed by atoms with Gasteiger partial charge >= 0.3 is 0 Å². The average Bonchev–Trinajstić information content (AvgIpc) is 3.12. The molecule has 1 atom stereocenters. The molecule has 106 valence electrons. The SMILES string of the molecule is OC(Cc1nc2ccccc2s1)c1cccc2c1NCC2. The van der Waals surface area contributed by atoms with Crippen molar-refractivity contribution in [1.29, 1.82) is 0 Å². The highest BCUT2D eigenvalue weighted by Crippen LogP contribution is 2.33. The quantitative estimate of drug-likeness (QED) is 0.777. The second-order valence-electron chi connectivity index (χ2n) is 5.35.